The van der Waals surface area contributed by atoms with E-state index < -0.39 is 31.9 Å². The number of benzene rings is 2. The summed E-state index contributed by atoms with van der Waals surface area (Å²) in [5, 5.41) is 5.24. The van der Waals surface area contributed by atoms with Gasteiger partial charge >= 0.3 is 0 Å². The lowest BCUT2D eigenvalue weighted by Crippen LogP contribution is -2.42. The Balaban J connectivity index is 1.67. The Kier molecular flexibility index (Phi) is 6.87. The Morgan fingerprint density at radius 1 is 1.15 bits per heavy atom. The molecule has 2 aromatic carbocycles. The fraction of sp³-hybridized carbons (Fsp3) is 0.273. The molecule has 34 heavy (non-hydrogen) atoms. The first-order valence-electron chi connectivity index (χ1n) is 10.5. The molecule has 9 nitrogen and oxygen atoms in total. The number of aromatic nitrogens is 1. The van der Waals surface area contributed by atoms with Gasteiger partial charge in [0.05, 0.1) is 25.9 Å². The molecule has 0 saturated carbocycles. The van der Waals surface area contributed by atoms with Crippen molar-refractivity contribution in [3.05, 3.63) is 66.0 Å². The number of thiazole rings is 1. The molecule has 1 aromatic heterocycles. The molecule has 180 valence electrons. The number of nitrogens with zero attached hydrogens (tertiary/aromatic N) is 3. The molecule has 0 bridgehead atoms. The highest BCUT2D eigenvalue weighted by Crippen LogP contribution is 2.25. The molecule has 1 unspecified atom stereocenters. The minimum absolute atomic E-state index is 0.0288. The molecule has 12 heteroatoms. The van der Waals surface area contributed by atoms with Gasteiger partial charge in [-0.1, -0.05) is 35.6 Å². The molecule has 4 rings (SSSR count). The summed E-state index contributed by atoms with van der Waals surface area (Å²) in [5.74, 6) is -0.987. The molecule has 1 fully saturated rings. The average Bonchev–Trinajstić information content (AvgIpc) is 3.15. The smallest absolute Gasteiger partial charge is 0.252 e. The van der Waals surface area contributed by atoms with Crippen LogP contribution < -0.4 is 9.94 Å². The van der Waals surface area contributed by atoms with Crippen molar-refractivity contribution in [3.8, 4) is 0 Å². The summed E-state index contributed by atoms with van der Waals surface area (Å²) < 4.78 is 53.1. The normalized spacial score (nSPS) is 18.3. The van der Waals surface area contributed by atoms with Crippen LogP contribution in [0.1, 0.15) is 12.8 Å². The van der Waals surface area contributed by atoms with E-state index in [0.29, 0.717) is 40.9 Å². The van der Waals surface area contributed by atoms with Gasteiger partial charge in [-0.15, -0.1) is 6.58 Å². The maximum absolute atomic E-state index is 13.1. The number of nitrogens with two attached hydrogens (primary N) is 1. The molecule has 2 heterocycles. The molecule has 1 amide bonds. The van der Waals surface area contributed by atoms with Gasteiger partial charge in [-0.2, -0.15) is 9.30 Å². The Morgan fingerprint density at radius 3 is 2.56 bits per heavy atom. The average molecular weight is 521 g/mol. The van der Waals surface area contributed by atoms with Crippen LogP contribution >= 0.6 is 11.3 Å². The topological polar surface area (TPSA) is 132 Å². The summed E-state index contributed by atoms with van der Waals surface area (Å²) >= 11 is 1.17. The van der Waals surface area contributed by atoms with Crippen LogP contribution in [0.2, 0.25) is 0 Å². The van der Waals surface area contributed by atoms with Crippen LogP contribution in [0.15, 0.2) is 76.0 Å². The van der Waals surface area contributed by atoms with E-state index in [1.807, 2.05) is 0 Å². The second kappa shape index (κ2) is 9.55. The molecule has 3 aromatic rings. The maximum atomic E-state index is 13.1. The van der Waals surface area contributed by atoms with Gasteiger partial charge in [0.1, 0.15) is 0 Å². The van der Waals surface area contributed by atoms with Crippen LogP contribution in [0.5, 0.6) is 0 Å². The SMILES string of the molecule is C=CCn1c(=NC(=O)C2CCCN(S(=O)(=O)c3ccccc3)C2)sc2cc(S(N)(=O)=O)ccc21. The highest BCUT2D eigenvalue weighted by atomic mass is 32.2. The number of sulfonamides is 2. The quantitative estimate of drug-likeness (QED) is 0.497. The fourth-order valence-electron chi connectivity index (χ4n) is 3.91. The number of hydrogen-bond acceptors (Lipinski definition) is 6. The van der Waals surface area contributed by atoms with E-state index in [2.05, 4.69) is 11.6 Å². The van der Waals surface area contributed by atoms with Crippen LogP contribution in [0.4, 0.5) is 0 Å². The molecule has 1 aliphatic rings. The van der Waals surface area contributed by atoms with Crippen molar-refractivity contribution < 1.29 is 21.6 Å². The van der Waals surface area contributed by atoms with E-state index >= 15 is 0 Å². The Bertz CT molecular complexity index is 1520. The van der Waals surface area contributed by atoms with E-state index in [-0.39, 0.29) is 16.3 Å². The standard InChI is InChI=1S/C22H24N4O5S3/c1-2-12-26-19-11-10-18(33(23,28)29)14-20(19)32-22(26)24-21(27)16-7-6-13-25(15-16)34(30,31)17-8-4-3-5-9-17/h2-5,8-11,14,16H,1,6-7,12-13,15H2,(H2,23,28,29). The molecule has 0 aliphatic carbocycles. The van der Waals surface area contributed by atoms with Crippen LogP contribution in [0.3, 0.4) is 0 Å². The number of amides is 1. The van der Waals surface area contributed by atoms with Gasteiger partial charge in [0, 0.05) is 19.6 Å². The molecular weight excluding hydrogens is 496 g/mol. The second-order valence-corrected chi connectivity index (χ2v) is 12.4. The minimum Gasteiger partial charge on any atom is -0.313 e. The van der Waals surface area contributed by atoms with Crippen molar-refractivity contribution >= 4 is 47.5 Å². The molecule has 0 spiro atoms. The molecule has 1 saturated heterocycles. The lowest BCUT2D eigenvalue weighted by molar-refractivity contribution is -0.122. The van der Waals surface area contributed by atoms with Gasteiger partial charge in [0.25, 0.3) is 5.91 Å². The van der Waals surface area contributed by atoms with Crippen molar-refractivity contribution in [2.45, 2.75) is 29.2 Å². The van der Waals surface area contributed by atoms with Gasteiger partial charge < -0.3 is 4.57 Å². The summed E-state index contributed by atoms with van der Waals surface area (Å²) in [5.41, 5.74) is 0.695. The summed E-state index contributed by atoms with van der Waals surface area (Å²) in [6, 6.07) is 12.6. The number of hydrogen-bond donors (Lipinski definition) is 1. The number of allylic oxidation sites excluding steroid dienone is 1. The largest absolute Gasteiger partial charge is 0.313 e. The van der Waals surface area contributed by atoms with Gasteiger partial charge in [0.15, 0.2) is 4.80 Å². The van der Waals surface area contributed by atoms with Crippen LogP contribution in [-0.4, -0.2) is 44.7 Å². The van der Waals surface area contributed by atoms with Gasteiger partial charge in [-0.25, -0.2) is 22.0 Å². The number of rotatable bonds is 6. The summed E-state index contributed by atoms with van der Waals surface area (Å²) in [6.07, 6.45) is 2.73. The monoisotopic (exact) mass is 520 g/mol. The summed E-state index contributed by atoms with van der Waals surface area (Å²) in [6.45, 7) is 4.51. The van der Waals surface area contributed by atoms with Crippen molar-refractivity contribution in [1.29, 1.82) is 0 Å². The molecule has 1 atom stereocenters. The predicted octanol–water partition coefficient (Wildman–Crippen LogP) is 2.06. The van der Waals surface area contributed by atoms with Crippen LogP contribution in [0.25, 0.3) is 10.2 Å². The van der Waals surface area contributed by atoms with E-state index in [1.54, 1.807) is 34.9 Å². The third kappa shape index (κ3) is 4.91. The number of piperidine rings is 1. The molecule has 1 aliphatic heterocycles. The second-order valence-electron chi connectivity index (χ2n) is 7.92. The van der Waals surface area contributed by atoms with E-state index in [9.17, 15) is 21.6 Å². The van der Waals surface area contributed by atoms with Crippen LogP contribution in [-0.2, 0) is 31.4 Å². The van der Waals surface area contributed by atoms with Gasteiger partial charge in [0.2, 0.25) is 20.0 Å². The first kappa shape index (κ1) is 24.5. The first-order valence-corrected chi connectivity index (χ1v) is 14.3. The van der Waals surface area contributed by atoms with E-state index in [0.717, 1.165) is 0 Å². The number of carbonyl (C=O) groups excluding carboxylic acids is 1. The van der Waals surface area contributed by atoms with E-state index in [4.69, 9.17) is 5.14 Å². The zero-order chi connectivity index (χ0) is 24.5. The van der Waals surface area contributed by atoms with E-state index in [1.165, 1.54) is 39.9 Å². The number of carbonyl (C=O) groups is 1. The minimum atomic E-state index is -3.88. The van der Waals surface area contributed by atoms with Crippen molar-refractivity contribution in [1.82, 2.24) is 8.87 Å². The number of primary sulfonamides is 1. The van der Waals surface area contributed by atoms with Crippen LogP contribution in [0, 0.1) is 5.92 Å². The lowest BCUT2D eigenvalue weighted by Gasteiger charge is -2.30. The number of fused-ring (bicyclic) bond motifs is 1. The van der Waals surface area contributed by atoms with Gasteiger partial charge in [-0.05, 0) is 43.2 Å². The lowest BCUT2D eigenvalue weighted by atomic mass is 9.99. The Hall–Kier alpha value is -2.64. The molecular formula is C22H24N4O5S3. The molecule has 0 radical (unpaired) electrons. The predicted molar refractivity (Wildman–Crippen MR) is 130 cm³/mol. The highest BCUT2D eigenvalue weighted by Gasteiger charge is 2.33. The maximum Gasteiger partial charge on any atom is 0.252 e. The van der Waals surface area contributed by atoms with Crippen molar-refractivity contribution in [2.24, 2.45) is 16.0 Å². The van der Waals surface area contributed by atoms with Gasteiger partial charge in [-0.3, -0.25) is 4.79 Å². The highest BCUT2D eigenvalue weighted by molar-refractivity contribution is 7.89. The third-order valence-electron chi connectivity index (χ3n) is 5.61. The Morgan fingerprint density at radius 2 is 1.88 bits per heavy atom. The molecule has 2 N–H and O–H groups in total. The zero-order valence-corrected chi connectivity index (χ0v) is 20.7. The zero-order valence-electron chi connectivity index (χ0n) is 18.2. The fourth-order valence-corrected chi connectivity index (χ4v) is 7.15. The van der Waals surface area contributed by atoms with Crippen molar-refractivity contribution in [2.75, 3.05) is 13.1 Å². The summed E-state index contributed by atoms with van der Waals surface area (Å²) in [4.78, 5) is 18.0. The van der Waals surface area contributed by atoms with Crippen molar-refractivity contribution in [3.63, 3.8) is 0 Å². The third-order valence-corrected chi connectivity index (χ3v) is 9.45. The first-order chi connectivity index (χ1) is 16.1. The Labute approximate surface area is 202 Å². The summed E-state index contributed by atoms with van der Waals surface area (Å²) in [7, 11) is -7.58.